The summed E-state index contributed by atoms with van der Waals surface area (Å²) < 4.78 is 7.32. The molecule has 0 radical (unpaired) electrons. The van der Waals surface area contributed by atoms with Gasteiger partial charge in [0.2, 0.25) is 5.69 Å². The molecule has 4 rings (SSSR count). The molecule has 0 saturated carbocycles. The number of aromatic nitrogens is 2. The van der Waals surface area contributed by atoms with E-state index in [4.69, 9.17) is 15.1 Å². The molecule has 0 amide bonds. The molecule has 1 aliphatic rings. The maximum Gasteiger partial charge on any atom is 0.231 e. The zero-order valence-corrected chi connectivity index (χ0v) is 20.2. The van der Waals surface area contributed by atoms with Crippen LogP contribution >= 0.6 is 0 Å². The molecule has 1 heterocycles. The molecule has 34 heavy (non-hydrogen) atoms. The van der Waals surface area contributed by atoms with E-state index in [-0.39, 0.29) is 17.8 Å². The van der Waals surface area contributed by atoms with E-state index in [9.17, 15) is 5.11 Å². The minimum absolute atomic E-state index is 0.0456. The third-order valence-electron chi connectivity index (χ3n) is 6.21. The second kappa shape index (κ2) is 10.1. The number of nitriles is 1. The smallest absolute Gasteiger partial charge is 0.231 e. The van der Waals surface area contributed by atoms with Gasteiger partial charge in [-0.1, -0.05) is 41.1 Å². The van der Waals surface area contributed by atoms with E-state index in [1.165, 1.54) is 0 Å². The Labute approximate surface area is 201 Å². The van der Waals surface area contributed by atoms with Gasteiger partial charge in [0.15, 0.2) is 7.05 Å². The summed E-state index contributed by atoms with van der Waals surface area (Å²) in [5, 5.41) is 28.1. The average molecular weight is 455 g/mol. The van der Waals surface area contributed by atoms with Crippen molar-refractivity contribution in [2.45, 2.75) is 26.4 Å². The quantitative estimate of drug-likeness (QED) is 0.502. The molecule has 6 heteroatoms. The molecule has 0 aliphatic heterocycles. The summed E-state index contributed by atoms with van der Waals surface area (Å²) in [5.41, 5.74) is 5.02. The standard InChI is InChI=1S/C28H30N4O2/c1-5-34-19(2)18-31(3)23-15-13-22(14-16-23)27-28(33)25-8-6-7-24(26(25)30-32(27)4)21-11-9-20(17-29)10-12-21/h6-9,11-16,19-20H,5,10,18H2,1-4H3/t19-,20?/m0/s1. The highest BCUT2D eigenvalue weighted by atomic mass is 16.5. The second-order valence-corrected chi connectivity index (χ2v) is 8.69. The Bertz CT molecular complexity index is 1290. The van der Waals surface area contributed by atoms with Gasteiger partial charge < -0.3 is 14.7 Å². The first-order valence-corrected chi connectivity index (χ1v) is 11.6. The van der Waals surface area contributed by atoms with Crippen molar-refractivity contribution in [2.75, 3.05) is 25.1 Å². The Balaban J connectivity index is 1.68. The van der Waals surface area contributed by atoms with Crippen LogP contribution < -0.4 is 14.7 Å². The van der Waals surface area contributed by atoms with E-state index >= 15 is 0 Å². The Morgan fingerprint density at radius 3 is 2.68 bits per heavy atom. The lowest BCUT2D eigenvalue weighted by Gasteiger charge is -2.23. The maximum absolute atomic E-state index is 13.6. The van der Waals surface area contributed by atoms with Crippen LogP contribution in [0.2, 0.25) is 0 Å². The summed E-state index contributed by atoms with van der Waals surface area (Å²) in [6, 6.07) is 16.0. The first-order chi connectivity index (χ1) is 16.4. The SMILES string of the molecule is CCO[C@@H](C)CN(C)c1ccc(-c2c([O-])c3cccc(C4=CCC(C#N)C=C4)c3n[n+]2C)cc1. The normalized spacial score (nSPS) is 16.2. The summed E-state index contributed by atoms with van der Waals surface area (Å²) in [6.45, 7) is 5.54. The van der Waals surface area contributed by atoms with Gasteiger partial charge in [-0.2, -0.15) is 5.26 Å². The van der Waals surface area contributed by atoms with Gasteiger partial charge in [0.05, 0.1) is 18.1 Å². The molecule has 1 unspecified atom stereocenters. The minimum atomic E-state index is -0.103. The molecule has 1 aliphatic carbocycles. The summed E-state index contributed by atoms with van der Waals surface area (Å²) in [7, 11) is 3.85. The Morgan fingerprint density at radius 2 is 2.03 bits per heavy atom. The Kier molecular flexibility index (Phi) is 6.95. The van der Waals surface area contributed by atoms with Crippen molar-refractivity contribution >= 4 is 22.2 Å². The zero-order chi connectivity index (χ0) is 24.2. The van der Waals surface area contributed by atoms with Crippen LogP contribution in [-0.4, -0.2) is 31.4 Å². The van der Waals surface area contributed by atoms with Crippen molar-refractivity contribution in [1.29, 1.82) is 5.26 Å². The number of ether oxygens (including phenoxy) is 1. The van der Waals surface area contributed by atoms with Crippen molar-refractivity contribution < 1.29 is 14.5 Å². The lowest BCUT2D eigenvalue weighted by atomic mass is 9.92. The van der Waals surface area contributed by atoms with Crippen LogP contribution in [0.4, 0.5) is 5.69 Å². The molecule has 0 fully saturated rings. The molecule has 0 bridgehead atoms. The van der Waals surface area contributed by atoms with Gasteiger partial charge in [-0.05, 0) is 55.9 Å². The highest BCUT2D eigenvalue weighted by Gasteiger charge is 2.20. The third kappa shape index (κ3) is 4.66. The van der Waals surface area contributed by atoms with Crippen LogP contribution in [0.15, 0.2) is 60.7 Å². The molecule has 3 aromatic rings. The number of anilines is 1. The van der Waals surface area contributed by atoms with Gasteiger partial charge in [0, 0.05) is 47.5 Å². The maximum atomic E-state index is 13.6. The van der Waals surface area contributed by atoms with E-state index in [2.05, 4.69) is 17.9 Å². The fourth-order valence-corrected chi connectivity index (χ4v) is 4.48. The van der Waals surface area contributed by atoms with Gasteiger partial charge in [0.25, 0.3) is 0 Å². The first kappa shape index (κ1) is 23.5. The largest absolute Gasteiger partial charge is 0.867 e. The molecule has 0 spiro atoms. The van der Waals surface area contributed by atoms with Gasteiger partial charge in [-0.3, -0.25) is 0 Å². The van der Waals surface area contributed by atoms with E-state index in [0.29, 0.717) is 29.6 Å². The van der Waals surface area contributed by atoms with Crippen molar-refractivity contribution in [2.24, 2.45) is 13.0 Å². The van der Waals surface area contributed by atoms with Gasteiger partial charge in [-0.25, -0.2) is 0 Å². The number of allylic oxidation sites excluding steroid dienone is 4. The number of fused-ring (bicyclic) bond motifs is 1. The monoisotopic (exact) mass is 454 g/mol. The minimum Gasteiger partial charge on any atom is -0.867 e. The molecule has 2 aromatic carbocycles. The molecule has 174 valence electrons. The highest BCUT2D eigenvalue weighted by Crippen LogP contribution is 2.35. The molecular formula is C28H30N4O2. The number of nitrogens with zero attached hydrogens (tertiary/aromatic N) is 4. The number of rotatable bonds is 7. The third-order valence-corrected chi connectivity index (χ3v) is 6.21. The molecule has 6 nitrogen and oxygen atoms in total. The molecule has 1 aromatic heterocycles. The van der Waals surface area contributed by atoms with Crippen LogP contribution in [0.1, 0.15) is 25.8 Å². The lowest BCUT2D eigenvalue weighted by Crippen LogP contribution is -2.37. The van der Waals surface area contributed by atoms with Crippen LogP contribution in [-0.2, 0) is 11.8 Å². The van der Waals surface area contributed by atoms with Crippen molar-refractivity contribution in [3.8, 4) is 23.1 Å². The highest BCUT2D eigenvalue weighted by molar-refractivity contribution is 5.97. The summed E-state index contributed by atoms with van der Waals surface area (Å²) in [5.74, 6) is -0.149. The van der Waals surface area contributed by atoms with Crippen molar-refractivity contribution in [3.05, 3.63) is 66.3 Å². The lowest BCUT2D eigenvalue weighted by molar-refractivity contribution is -0.719. The van der Waals surface area contributed by atoms with E-state index in [1.54, 1.807) is 4.68 Å². The predicted molar refractivity (Wildman–Crippen MR) is 133 cm³/mol. The van der Waals surface area contributed by atoms with Crippen LogP contribution in [0.5, 0.6) is 5.75 Å². The van der Waals surface area contributed by atoms with Gasteiger partial charge in [0.1, 0.15) is 5.52 Å². The fraction of sp³-hybridized carbons (Fsp3) is 0.321. The van der Waals surface area contributed by atoms with Crippen molar-refractivity contribution in [1.82, 2.24) is 5.10 Å². The number of hydrogen-bond donors (Lipinski definition) is 0. The predicted octanol–water partition coefficient (Wildman–Crippen LogP) is 4.14. The summed E-state index contributed by atoms with van der Waals surface area (Å²) >= 11 is 0. The van der Waals surface area contributed by atoms with Crippen molar-refractivity contribution in [3.63, 3.8) is 0 Å². The fourth-order valence-electron chi connectivity index (χ4n) is 4.48. The van der Waals surface area contributed by atoms with Gasteiger partial charge >= 0.3 is 0 Å². The van der Waals surface area contributed by atoms with E-state index < -0.39 is 0 Å². The van der Waals surface area contributed by atoms with Crippen LogP contribution in [0, 0.1) is 17.2 Å². The van der Waals surface area contributed by atoms with E-state index in [0.717, 1.165) is 28.9 Å². The average Bonchev–Trinajstić information content (AvgIpc) is 2.84. The van der Waals surface area contributed by atoms with E-state index in [1.807, 2.05) is 81.7 Å². The number of benzene rings is 2. The number of likely N-dealkylation sites (N-methyl/N-ethyl adjacent to an activating group) is 1. The molecule has 2 atom stereocenters. The Morgan fingerprint density at radius 1 is 1.26 bits per heavy atom. The molecule has 0 saturated heterocycles. The first-order valence-electron chi connectivity index (χ1n) is 11.6. The molecular weight excluding hydrogens is 424 g/mol. The summed E-state index contributed by atoms with van der Waals surface area (Å²) in [4.78, 5) is 2.15. The van der Waals surface area contributed by atoms with Gasteiger partial charge in [-0.15, -0.1) is 0 Å². The number of aryl methyl sites for hydroxylation is 1. The topological polar surface area (TPSA) is 76.1 Å². The second-order valence-electron chi connectivity index (χ2n) is 8.69. The number of hydrogen-bond acceptors (Lipinski definition) is 5. The summed E-state index contributed by atoms with van der Waals surface area (Å²) in [6.07, 6.45) is 6.71. The van der Waals surface area contributed by atoms with Crippen LogP contribution in [0.3, 0.4) is 0 Å². The molecule has 0 N–H and O–H groups in total. The Hall–Kier alpha value is -3.69. The zero-order valence-electron chi connectivity index (χ0n) is 20.2. The van der Waals surface area contributed by atoms with Crippen LogP contribution in [0.25, 0.3) is 27.7 Å².